The van der Waals surface area contributed by atoms with Crippen LogP contribution in [0.15, 0.2) is 195 Å². The Balaban J connectivity index is 1.37. The molecule has 1 aliphatic carbocycles. The van der Waals surface area contributed by atoms with Crippen molar-refractivity contribution in [2.45, 2.75) is 58.1 Å². The zero-order chi connectivity index (χ0) is 57.3. The number of hydrogen-bond acceptors (Lipinski definition) is 14. The Kier molecular flexibility index (Phi) is 17.2. The Morgan fingerprint density at radius 3 is 0.738 bits per heavy atom. The van der Waals surface area contributed by atoms with E-state index in [2.05, 4.69) is 63.7 Å². The molecule has 0 aromatic heterocycles. The number of carboxylic acids is 2. The number of para-hydroxylation sites is 2. The molecule has 0 atom stereocenters. The summed E-state index contributed by atoms with van der Waals surface area (Å²) >= 11 is 13.3. The van der Waals surface area contributed by atoms with Crippen LogP contribution < -0.4 is 16.7 Å². The summed E-state index contributed by atoms with van der Waals surface area (Å²) in [6, 6.07) is 36.7. The van der Waals surface area contributed by atoms with Crippen LogP contribution in [0.5, 0.6) is 23.0 Å². The van der Waals surface area contributed by atoms with Gasteiger partial charge in [-0.05, 0) is 108 Å². The fourth-order valence-corrected chi connectivity index (χ4v) is 13.9. The van der Waals surface area contributed by atoms with Crippen LogP contribution in [0, 0.1) is 0 Å². The van der Waals surface area contributed by atoms with Crippen molar-refractivity contribution >= 4 is 116 Å². The summed E-state index contributed by atoms with van der Waals surface area (Å²) in [4.78, 5) is 24.0. The van der Waals surface area contributed by atoms with Gasteiger partial charge in [-0.2, -0.15) is 33.7 Å². The average Bonchev–Trinajstić information content (AvgIpc) is 3.39. The molecule has 8 bridgehead atoms. The second-order valence-corrected chi connectivity index (χ2v) is 28.0. The molecule has 0 radical (unpaired) electrons. The highest BCUT2D eigenvalue weighted by Crippen LogP contribution is 2.43. The summed E-state index contributed by atoms with van der Waals surface area (Å²) < 4.78 is 143. The number of fused-ring (bicyclic) bond motifs is 8. The highest BCUT2D eigenvalue weighted by atomic mass is 79.9. The molecule has 412 valence electrons. The first-order chi connectivity index (χ1) is 37.8. The number of benzene rings is 8. The highest BCUT2D eigenvalue weighted by Gasteiger charge is 2.31. The first kappa shape index (κ1) is 58.3. The van der Waals surface area contributed by atoms with E-state index in [1.165, 1.54) is 158 Å². The van der Waals surface area contributed by atoms with Crippen LogP contribution in [0.2, 0.25) is 0 Å². The van der Waals surface area contributed by atoms with Crippen LogP contribution >= 0.6 is 63.7 Å². The van der Waals surface area contributed by atoms with Crippen molar-refractivity contribution in [3.8, 4) is 23.0 Å². The van der Waals surface area contributed by atoms with Gasteiger partial charge in [0.05, 0.1) is 12.8 Å². The monoisotopic (exact) mass is 1410 g/mol. The number of carbonyl (C=O) groups is 2. The van der Waals surface area contributed by atoms with Crippen molar-refractivity contribution in [2.24, 2.45) is 0 Å². The summed E-state index contributed by atoms with van der Waals surface area (Å²) in [5, 5.41) is 20.5. The lowest BCUT2D eigenvalue weighted by molar-refractivity contribution is -0.137. The zero-order valence-corrected chi connectivity index (χ0v) is 50.6. The van der Waals surface area contributed by atoms with Gasteiger partial charge in [0.15, 0.2) is 0 Å². The number of hydrogen-bond donors (Lipinski definition) is 2. The summed E-state index contributed by atoms with van der Waals surface area (Å²) in [6.07, 6.45) is -2.95. The van der Waals surface area contributed by atoms with Gasteiger partial charge in [-0.25, -0.2) is 0 Å². The van der Waals surface area contributed by atoms with Gasteiger partial charge >= 0.3 is 52.4 Å². The number of carboxylic acid groups (broad SMARTS) is 2. The van der Waals surface area contributed by atoms with Gasteiger partial charge in [0.2, 0.25) is 0 Å². The average molecular weight is 1420 g/mol. The summed E-state index contributed by atoms with van der Waals surface area (Å²) in [7, 11) is -19.1. The molecule has 0 unspecified atom stereocenters. The van der Waals surface area contributed by atoms with Crippen LogP contribution in [0.3, 0.4) is 0 Å². The summed E-state index contributed by atoms with van der Waals surface area (Å²) in [5.41, 5.74) is 0.560. The molecule has 0 heterocycles. The molecule has 24 heteroatoms. The third-order valence-electron chi connectivity index (χ3n) is 12.4. The van der Waals surface area contributed by atoms with Crippen LogP contribution in [0.1, 0.15) is 55.6 Å². The Hall–Kier alpha value is -6.38. The van der Waals surface area contributed by atoms with E-state index in [1.54, 1.807) is 0 Å². The maximum absolute atomic E-state index is 14.5. The van der Waals surface area contributed by atoms with Crippen molar-refractivity contribution < 1.29 is 70.2 Å². The maximum Gasteiger partial charge on any atom is 0.339 e. The second-order valence-electron chi connectivity index (χ2n) is 18.1. The Morgan fingerprint density at radius 1 is 0.338 bits per heavy atom. The van der Waals surface area contributed by atoms with Gasteiger partial charge < -0.3 is 26.9 Å². The lowest BCUT2D eigenvalue weighted by atomic mass is 9.89. The molecule has 16 nitrogen and oxygen atoms in total. The van der Waals surface area contributed by atoms with Crippen molar-refractivity contribution in [2.75, 3.05) is 0 Å². The first-order valence-corrected chi connectivity index (χ1v) is 32.4. The topological polar surface area (TPSA) is 248 Å². The van der Waals surface area contributed by atoms with Gasteiger partial charge in [-0.1, -0.05) is 124 Å². The molecule has 0 amide bonds. The molecule has 8 aromatic rings. The third-order valence-corrected chi connectivity index (χ3v) is 19.4. The minimum atomic E-state index is -4.77. The first-order valence-electron chi connectivity index (χ1n) is 23.6. The van der Waals surface area contributed by atoms with Gasteiger partial charge in [0.1, 0.15) is 42.6 Å². The minimum absolute atomic E-state index is 0.00559. The van der Waals surface area contributed by atoms with E-state index < -0.39 is 90.9 Å². The molecule has 80 heavy (non-hydrogen) atoms. The molecule has 9 rings (SSSR count). The third kappa shape index (κ3) is 13.7. The number of halogens is 4. The predicted octanol–water partition coefficient (Wildman–Crippen LogP) is 11.7. The smallest absolute Gasteiger partial charge is 0.339 e. The van der Waals surface area contributed by atoms with E-state index in [4.69, 9.17) is 16.7 Å². The van der Waals surface area contributed by atoms with E-state index in [-0.39, 0.29) is 98.2 Å². The van der Waals surface area contributed by atoms with E-state index in [0.717, 1.165) is 0 Å². The van der Waals surface area contributed by atoms with Gasteiger partial charge in [-0.15, -0.1) is 0 Å². The van der Waals surface area contributed by atoms with E-state index >= 15 is 0 Å². The van der Waals surface area contributed by atoms with Crippen molar-refractivity contribution in [1.29, 1.82) is 0 Å². The van der Waals surface area contributed by atoms with E-state index in [0.29, 0.717) is 17.9 Å². The molecule has 0 aliphatic heterocycles. The number of aliphatic carboxylic acids is 2. The fourth-order valence-electron chi connectivity index (χ4n) is 8.85. The lowest BCUT2D eigenvalue weighted by Crippen LogP contribution is -2.17. The molecule has 0 saturated carbocycles. The number of rotatable bonds is 16. The lowest BCUT2D eigenvalue weighted by Gasteiger charge is -2.23. The second kappa shape index (κ2) is 23.6. The van der Waals surface area contributed by atoms with Crippen LogP contribution in [-0.4, -0.2) is 55.8 Å². The van der Waals surface area contributed by atoms with E-state index in [9.17, 15) is 53.5 Å². The van der Waals surface area contributed by atoms with Crippen molar-refractivity contribution in [1.82, 2.24) is 0 Å². The molecule has 1 aliphatic rings. The van der Waals surface area contributed by atoms with Gasteiger partial charge in [0, 0.05) is 88.1 Å². The van der Waals surface area contributed by atoms with E-state index in [1.807, 2.05) is 0 Å². The molecule has 0 spiro atoms. The predicted molar refractivity (Wildman–Crippen MR) is 307 cm³/mol. The quantitative estimate of drug-likeness (QED) is 0.0854. The van der Waals surface area contributed by atoms with Gasteiger partial charge in [0.25, 0.3) is 0 Å². The minimum Gasteiger partial charge on any atom is -0.481 e. The Labute approximate surface area is 494 Å². The maximum atomic E-state index is 14.5. The molecule has 0 fully saturated rings. The highest BCUT2D eigenvalue weighted by molar-refractivity contribution is 9.11. The molecule has 0 saturated heterocycles. The molecule has 2 N–H and O–H groups in total. The standard InChI is InChI=1S/C56H40Br4O16S4/c57-43-7-15-47(16-8-43)77(65,66)73-53-35-3-1-4-36(53)30-40-24-34(28-52(63)64)26-42(56(40)76-80(71,72)50-21-13-46(60)14-22-50)32-38-6-2-5-37(54(38)74-78(67,68)48-17-9-44(58)10-18-48)31-41-25-33(27-51(61)62)23-39(29-35)55(41)75-79(69,70)49-19-11-45(59)12-20-49/h1-26H,27-32H2,(H,61,62)(H,63,64). The van der Waals surface area contributed by atoms with Crippen molar-refractivity contribution in [3.63, 3.8) is 0 Å². The zero-order valence-electron chi connectivity index (χ0n) is 41.0. The van der Waals surface area contributed by atoms with Crippen LogP contribution in [0.25, 0.3) is 0 Å². The fraction of sp³-hybridized carbons (Fsp3) is 0.107. The largest absolute Gasteiger partial charge is 0.481 e. The summed E-state index contributed by atoms with van der Waals surface area (Å²) in [6.45, 7) is 0. The summed E-state index contributed by atoms with van der Waals surface area (Å²) in [5.74, 6) is -3.85. The van der Waals surface area contributed by atoms with Crippen molar-refractivity contribution in [3.05, 3.63) is 231 Å². The Bertz CT molecular complexity index is 3850. The molecular weight excluding hydrogens is 1380 g/mol. The van der Waals surface area contributed by atoms with Crippen LogP contribution in [-0.2, 0) is 88.6 Å². The van der Waals surface area contributed by atoms with Crippen LogP contribution in [0.4, 0.5) is 0 Å². The SMILES string of the molecule is O=C(O)Cc1cc2c(OS(=O)(=O)c3ccc(Br)cc3)c(c1)Cc1cccc(c1OS(=O)(=O)c1ccc(Br)cc1)Cc1cc(CC(=O)O)cc(c1OS(=O)(=O)c1ccc(Br)cc1)Cc1cccc(c1OS(=O)(=O)c1ccc(Br)cc1)C2. The molecule has 8 aromatic carbocycles. The Morgan fingerprint density at radius 2 is 0.537 bits per heavy atom. The molecular formula is C56H40Br4O16S4. The van der Waals surface area contributed by atoms with Gasteiger partial charge in [-0.3, -0.25) is 9.59 Å². The normalized spacial score (nSPS) is 12.8.